The fourth-order valence-corrected chi connectivity index (χ4v) is 3.88. The van der Waals surface area contributed by atoms with Gasteiger partial charge in [-0.25, -0.2) is 4.79 Å². The maximum absolute atomic E-state index is 12.5. The topological polar surface area (TPSA) is 93.8 Å². The fourth-order valence-electron chi connectivity index (χ4n) is 2.91. The van der Waals surface area contributed by atoms with Crippen LogP contribution in [0.4, 0.5) is 5.69 Å². The summed E-state index contributed by atoms with van der Waals surface area (Å²) < 4.78 is 4.66. The van der Waals surface area contributed by atoms with E-state index in [-0.39, 0.29) is 5.91 Å². The molecule has 1 amide bonds. The highest BCUT2D eigenvalue weighted by atomic mass is 32.2. The predicted molar refractivity (Wildman–Crippen MR) is 108 cm³/mol. The number of amides is 1. The van der Waals surface area contributed by atoms with Crippen LogP contribution in [-0.4, -0.2) is 29.9 Å². The first-order chi connectivity index (χ1) is 12.9. The van der Waals surface area contributed by atoms with E-state index in [4.69, 9.17) is 5.73 Å². The maximum atomic E-state index is 12.5. The van der Waals surface area contributed by atoms with Gasteiger partial charge in [0.05, 0.1) is 18.2 Å². The van der Waals surface area contributed by atoms with Gasteiger partial charge in [0.1, 0.15) is 0 Å². The van der Waals surface area contributed by atoms with Crippen molar-refractivity contribution in [3.63, 3.8) is 0 Å². The van der Waals surface area contributed by atoms with Crippen LogP contribution < -0.4 is 11.1 Å². The summed E-state index contributed by atoms with van der Waals surface area (Å²) in [7, 11) is 1.32. The Bertz CT molecular complexity index is 896. The van der Waals surface area contributed by atoms with Gasteiger partial charge in [-0.1, -0.05) is 23.9 Å². The monoisotopic (exact) mass is 383 g/mol. The molecule has 0 fully saturated rings. The highest BCUT2D eigenvalue weighted by Gasteiger charge is 2.29. The quantitative estimate of drug-likeness (QED) is 0.789. The molecule has 0 saturated carbocycles. The number of amidine groups is 1. The van der Waals surface area contributed by atoms with Crippen molar-refractivity contribution in [2.24, 2.45) is 10.7 Å². The van der Waals surface area contributed by atoms with Crippen molar-refractivity contribution in [2.45, 2.75) is 18.9 Å². The molecule has 1 aliphatic heterocycles. The van der Waals surface area contributed by atoms with Crippen LogP contribution in [0.5, 0.6) is 0 Å². The van der Waals surface area contributed by atoms with E-state index < -0.39 is 11.5 Å². The van der Waals surface area contributed by atoms with E-state index in [0.29, 0.717) is 22.0 Å². The lowest BCUT2D eigenvalue weighted by Gasteiger charge is -2.30. The normalized spacial score (nSPS) is 19.1. The lowest BCUT2D eigenvalue weighted by atomic mass is 9.89. The average Bonchev–Trinajstić information content (AvgIpc) is 2.67. The van der Waals surface area contributed by atoms with Crippen LogP contribution in [0.25, 0.3) is 0 Å². The molecule has 1 aliphatic rings. The zero-order valence-corrected chi connectivity index (χ0v) is 16.0. The summed E-state index contributed by atoms with van der Waals surface area (Å²) in [5, 5.41) is 3.48. The molecule has 0 spiro atoms. The Kier molecular flexibility index (Phi) is 5.51. The Morgan fingerprint density at radius 2 is 1.89 bits per heavy atom. The molecular formula is C20H21N3O3S. The zero-order valence-electron chi connectivity index (χ0n) is 15.2. The molecule has 0 aliphatic carbocycles. The molecule has 0 radical (unpaired) electrons. The Morgan fingerprint density at radius 1 is 1.19 bits per heavy atom. The Morgan fingerprint density at radius 3 is 2.56 bits per heavy atom. The van der Waals surface area contributed by atoms with Crippen LogP contribution in [0.15, 0.2) is 53.5 Å². The Balaban J connectivity index is 1.77. The summed E-state index contributed by atoms with van der Waals surface area (Å²) in [6, 6.07) is 14.0. The van der Waals surface area contributed by atoms with Crippen molar-refractivity contribution in [3.05, 3.63) is 65.2 Å². The van der Waals surface area contributed by atoms with Crippen molar-refractivity contribution < 1.29 is 14.3 Å². The third-order valence-electron chi connectivity index (χ3n) is 4.51. The van der Waals surface area contributed by atoms with Crippen molar-refractivity contribution in [2.75, 3.05) is 18.2 Å². The molecule has 0 aromatic heterocycles. The number of nitrogens with two attached hydrogens (primary N) is 1. The first-order valence-corrected chi connectivity index (χ1v) is 9.48. The number of anilines is 1. The third kappa shape index (κ3) is 4.31. The summed E-state index contributed by atoms with van der Waals surface area (Å²) in [6.07, 6.45) is 0.880. The van der Waals surface area contributed by atoms with Crippen molar-refractivity contribution in [1.82, 2.24) is 0 Å². The lowest BCUT2D eigenvalue weighted by molar-refractivity contribution is 0.0600. The minimum absolute atomic E-state index is 0.254. The Hall–Kier alpha value is -2.80. The number of esters is 1. The van der Waals surface area contributed by atoms with Gasteiger partial charge in [-0.05, 0) is 55.3 Å². The molecule has 1 atom stereocenters. The summed E-state index contributed by atoms with van der Waals surface area (Å²) in [6.45, 7) is 2.05. The highest BCUT2D eigenvalue weighted by Crippen LogP contribution is 2.35. The summed E-state index contributed by atoms with van der Waals surface area (Å²) >= 11 is 1.56. The van der Waals surface area contributed by atoms with Crippen molar-refractivity contribution in [3.8, 4) is 0 Å². The number of methoxy groups -OCH3 is 1. The van der Waals surface area contributed by atoms with E-state index in [2.05, 4.69) is 15.0 Å². The number of nitrogens with one attached hydrogen (secondary N) is 1. The zero-order chi connectivity index (χ0) is 19.4. The minimum atomic E-state index is -0.437. The van der Waals surface area contributed by atoms with Crippen LogP contribution in [0, 0.1) is 0 Å². The number of carbonyl (C=O) groups is 2. The van der Waals surface area contributed by atoms with E-state index >= 15 is 0 Å². The number of rotatable bonds is 4. The summed E-state index contributed by atoms with van der Waals surface area (Å²) in [4.78, 5) is 28.6. The number of nitrogens with zero attached hydrogens (tertiary/aromatic N) is 1. The minimum Gasteiger partial charge on any atom is -0.465 e. The van der Waals surface area contributed by atoms with Crippen LogP contribution in [0.1, 0.15) is 39.6 Å². The molecule has 1 heterocycles. The fraction of sp³-hybridized carbons (Fsp3) is 0.250. The summed E-state index contributed by atoms with van der Waals surface area (Å²) in [5.41, 5.74) is 8.05. The van der Waals surface area contributed by atoms with Gasteiger partial charge in [0.25, 0.3) is 5.91 Å². The molecule has 3 rings (SSSR count). The molecule has 140 valence electrons. The molecule has 1 unspecified atom stereocenters. The second-order valence-corrected chi connectivity index (χ2v) is 7.54. The molecule has 7 heteroatoms. The third-order valence-corrected chi connectivity index (χ3v) is 5.30. The van der Waals surface area contributed by atoms with Crippen LogP contribution in [0.2, 0.25) is 0 Å². The first kappa shape index (κ1) is 19.0. The highest BCUT2D eigenvalue weighted by molar-refractivity contribution is 8.13. The smallest absolute Gasteiger partial charge is 0.337 e. The van der Waals surface area contributed by atoms with Gasteiger partial charge >= 0.3 is 5.97 Å². The van der Waals surface area contributed by atoms with Gasteiger partial charge in [0, 0.05) is 17.0 Å². The van der Waals surface area contributed by atoms with Crippen LogP contribution >= 0.6 is 11.8 Å². The molecule has 2 aromatic rings. The number of aliphatic imine (C=N–C) groups is 1. The number of benzene rings is 2. The van der Waals surface area contributed by atoms with E-state index in [1.54, 1.807) is 36.0 Å². The van der Waals surface area contributed by atoms with Gasteiger partial charge in [0.2, 0.25) is 0 Å². The summed E-state index contributed by atoms with van der Waals surface area (Å²) in [5.74, 6) is 0.221. The molecule has 27 heavy (non-hydrogen) atoms. The second kappa shape index (κ2) is 7.84. The Labute approximate surface area is 162 Å². The van der Waals surface area contributed by atoms with Crippen molar-refractivity contribution in [1.29, 1.82) is 0 Å². The van der Waals surface area contributed by atoms with Gasteiger partial charge in [0.15, 0.2) is 5.17 Å². The number of hydrogen-bond acceptors (Lipinski definition) is 6. The largest absolute Gasteiger partial charge is 0.465 e. The average molecular weight is 383 g/mol. The van der Waals surface area contributed by atoms with E-state index in [0.717, 1.165) is 17.7 Å². The number of hydrogen-bond donors (Lipinski definition) is 2. The molecule has 3 N–H and O–H groups in total. The number of thioether (sulfide) groups is 1. The van der Waals surface area contributed by atoms with E-state index in [1.807, 2.05) is 31.2 Å². The number of ether oxygens (including phenoxy) is 1. The SMILES string of the molecule is COC(=O)c1ccc(C(=O)Nc2cccc(C3(C)CCSC(N)=N3)c2)cc1. The van der Waals surface area contributed by atoms with E-state index in [1.165, 1.54) is 7.11 Å². The van der Waals surface area contributed by atoms with Crippen LogP contribution in [-0.2, 0) is 10.3 Å². The van der Waals surface area contributed by atoms with E-state index in [9.17, 15) is 9.59 Å². The predicted octanol–water partition coefficient (Wildman–Crippen LogP) is 3.39. The molecule has 0 saturated heterocycles. The standard InChI is InChI=1S/C20H21N3O3S/c1-20(10-11-27-19(21)23-20)15-4-3-5-16(12-15)22-17(24)13-6-8-14(9-7-13)18(25)26-2/h3-9,12H,10-11H2,1-2H3,(H2,21,23)(H,22,24). The van der Waals surface area contributed by atoms with Gasteiger partial charge in [-0.2, -0.15) is 0 Å². The first-order valence-electron chi connectivity index (χ1n) is 8.50. The lowest BCUT2D eigenvalue weighted by Crippen LogP contribution is -2.28. The van der Waals surface area contributed by atoms with Gasteiger partial charge in [-0.15, -0.1) is 0 Å². The molecule has 0 bridgehead atoms. The van der Waals surface area contributed by atoms with Crippen molar-refractivity contribution >= 4 is 34.5 Å². The van der Waals surface area contributed by atoms with Gasteiger partial charge in [-0.3, -0.25) is 9.79 Å². The van der Waals surface area contributed by atoms with Crippen LogP contribution in [0.3, 0.4) is 0 Å². The molecule has 2 aromatic carbocycles. The molecule has 6 nitrogen and oxygen atoms in total. The second-order valence-electron chi connectivity index (χ2n) is 6.43. The molecular weight excluding hydrogens is 362 g/mol. The van der Waals surface area contributed by atoms with Gasteiger partial charge < -0.3 is 15.8 Å². The number of carbonyl (C=O) groups excluding carboxylic acids is 2. The maximum Gasteiger partial charge on any atom is 0.337 e.